The van der Waals surface area contributed by atoms with Crippen molar-refractivity contribution in [3.63, 3.8) is 0 Å². The van der Waals surface area contributed by atoms with Gasteiger partial charge in [0.1, 0.15) is 0 Å². The predicted molar refractivity (Wildman–Crippen MR) is 95.2 cm³/mol. The van der Waals surface area contributed by atoms with Crippen molar-refractivity contribution in [2.75, 3.05) is 18.9 Å². The van der Waals surface area contributed by atoms with Crippen LogP contribution in [0.5, 0.6) is 0 Å². The summed E-state index contributed by atoms with van der Waals surface area (Å²) in [6.07, 6.45) is 0. The second-order valence-corrected chi connectivity index (χ2v) is 7.58. The van der Waals surface area contributed by atoms with Crippen LogP contribution in [0.3, 0.4) is 0 Å². The normalized spacial score (nSPS) is 11.3. The fourth-order valence-corrected chi connectivity index (χ4v) is 2.27. The van der Waals surface area contributed by atoms with E-state index in [0.717, 1.165) is 0 Å². The largest absolute Gasteiger partial charge is 0.350 e. The van der Waals surface area contributed by atoms with Crippen molar-refractivity contribution in [3.8, 4) is 0 Å². The molecule has 5 nitrogen and oxygen atoms in total. The van der Waals surface area contributed by atoms with E-state index >= 15 is 0 Å². The Morgan fingerprint density at radius 1 is 1.26 bits per heavy atom. The molecule has 0 saturated heterocycles. The third kappa shape index (κ3) is 6.48. The second kappa shape index (κ2) is 7.68. The molecular formula is C17H26ClN3O2. The Morgan fingerprint density at radius 2 is 1.87 bits per heavy atom. The Kier molecular flexibility index (Phi) is 6.45. The molecule has 0 radical (unpaired) electrons. The number of nitrogens with one attached hydrogen (secondary N) is 2. The zero-order chi connectivity index (χ0) is 17.8. The summed E-state index contributed by atoms with van der Waals surface area (Å²) in [5.74, 6) is -0.199. The van der Waals surface area contributed by atoms with Crippen molar-refractivity contribution in [1.82, 2.24) is 10.2 Å². The Labute approximate surface area is 143 Å². The maximum atomic E-state index is 12.3. The molecule has 0 atom stereocenters. The van der Waals surface area contributed by atoms with E-state index in [4.69, 9.17) is 11.6 Å². The number of carbonyl (C=O) groups excluding carboxylic acids is 2. The van der Waals surface area contributed by atoms with E-state index in [1.165, 1.54) is 0 Å². The smallest absolute Gasteiger partial charge is 0.321 e. The first kappa shape index (κ1) is 19.3. The van der Waals surface area contributed by atoms with Crippen LogP contribution in [0.4, 0.5) is 10.5 Å². The van der Waals surface area contributed by atoms with Crippen LogP contribution in [0.15, 0.2) is 18.2 Å². The first-order valence-corrected chi connectivity index (χ1v) is 8.00. The van der Waals surface area contributed by atoms with E-state index in [1.807, 2.05) is 13.8 Å². The summed E-state index contributed by atoms with van der Waals surface area (Å²) in [6.45, 7) is 10.5. The van der Waals surface area contributed by atoms with Gasteiger partial charge in [0.15, 0.2) is 0 Å². The molecule has 0 bridgehead atoms. The lowest BCUT2D eigenvalue weighted by Crippen LogP contribution is -2.37. The molecule has 0 spiro atoms. The summed E-state index contributed by atoms with van der Waals surface area (Å²) in [4.78, 5) is 25.9. The summed E-state index contributed by atoms with van der Waals surface area (Å²) in [5.41, 5.74) is 0.875. The number of carbonyl (C=O) groups is 2. The van der Waals surface area contributed by atoms with Gasteiger partial charge in [0.25, 0.3) is 5.91 Å². The van der Waals surface area contributed by atoms with Crippen LogP contribution in [-0.2, 0) is 0 Å². The number of hydrogen-bond acceptors (Lipinski definition) is 2. The van der Waals surface area contributed by atoms with Crippen LogP contribution in [0.25, 0.3) is 0 Å². The third-order valence-electron chi connectivity index (χ3n) is 2.95. The third-order valence-corrected chi connectivity index (χ3v) is 3.28. The summed E-state index contributed by atoms with van der Waals surface area (Å²) in [7, 11) is 1.73. The molecule has 128 valence electrons. The van der Waals surface area contributed by atoms with E-state index in [0.29, 0.717) is 22.8 Å². The number of hydrogen-bond donors (Lipinski definition) is 2. The molecule has 23 heavy (non-hydrogen) atoms. The molecule has 6 heteroatoms. The molecule has 0 aliphatic rings. The molecule has 0 fully saturated rings. The van der Waals surface area contributed by atoms with Gasteiger partial charge < -0.3 is 15.5 Å². The van der Waals surface area contributed by atoms with E-state index in [9.17, 15) is 9.59 Å². The Bertz CT molecular complexity index is 580. The van der Waals surface area contributed by atoms with E-state index < -0.39 is 0 Å². The van der Waals surface area contributed by atoms with Crippen LogP contribution in [-0.4, -0.2) is 36.5 Å². The standard InChI is InChI=1S/C17H26ClN3O2/c1-11(2)19-15(22)12-7-8-13(18)14(9-12)20-16(23)21(6)10-17(3,4)5/h7-9,11H,10H2,1-6H3,(H,19,22)(H,20,23). The number of anilines is 1. The van der Waals surface area contributed by atoms with Crippen molar-refractivity contribution in [2.45, 2.75) is 40.7 Å². The van der Waals surface area contributed by atoms with Crippen LogP contribution >= 0.6 is 11.6 Å². The van der Waals surface area contributed by atoms with E-state index in [2.05, 4.69) is 31.4 Å². The number of urea groups is 1. The number of benzene rings is 1. The number of nitrogens with zero attached hydrogens (tertiary/aromatic N) is 1. The minimum atomic E-state index is -0.261. The van der Waals surface area contributed by atoms with Gasteiger partial charge in [0, 0.05) is 25.2 Å². The molecule has 0 unspecified atom stereocenters. The SMILES string of the molecule is CC(C)NC(=O)c1ccc(Cl)c(NC(=O)N(C)CC(C)(C)C)c1. The summed E-state index contributed by atoms with van der Waals surface area (Å²) >= 11 is 6.12. The zero-order valence-corrected chi connectivity index (χ0v) is 15.4. The first-order chi connectivity index (χ1) is 10.5. The molecule has 0 heterocycles. The highest BCUT2D eigenvalue weighted by molar-refractivity contribution is 6.33. The topological polar surface area (TPSA) is 61.4 Å². The molecule has 3 amide bonds. The number of halogens is 1. The molecule has 1 rings (SSSR count). The van der Waals surface area contributed by atoms with Gasteiger partial charge in [-0.25, -0.2) is 4.79 Å². The fourth-order valence-electron chi connectivity index (χ4n) is 2.10. The predicted octanol–water partition coefficient (Wildman–Crippen LogP) is 3.99. The van der Waals surface area contributed by atoms with Gasteiger partial charge in [-0.3, -0.25) is 4.79 Å². The van der Waals surface area contributed by atoms with Gasteiger partial charge in [-0.2, -0.15) is 0 Å². The molecule has 1 aromatic carbocycles. The van der Waals surface area contributed by atoms with Crippen LogP contribution in [0.2, 0.25) is 5.02 Å². The van der Waals surface area contributed by atoms with Gasteiger partial charge in [-0.1, -0.05) is 32.4 Å². The first-order valence-electron chi connectivity index (χ1n) is 7.62. The average molecular weight is 340 g/mol. The van der Waals surface area contributed by atoms with E-state index in [-0.39, 0.29) is 23.4 Å². The molecule has 0 aromatic heterocycles. The van der Waals surface area contributed by atoms with Crippen molar-refractivity contribution >= 4 is 29.2 Å². The molecule has 1 aromatic rings. The lowest BCUT2D eigenvalue weighted by Gasteiger charge is -2.27. The molecule has 2 N–H and O–H groups in total. The lowest BCUT2D eigenvalue weighted by atomic mass is 9.96. The van der Waals surface area contributed by atoms with Crippen molar-refractivity contribution in [3.05, 3.63) is 28.8 Å². The highest BCUT2D eigenvalue weighted by Gasteiger charge is 2.19. The minimum absolute atomic E-state index is 0.00508. The Morgan fingerprint density at radius 3 is 2.39 bits per heavy atom. The number of rotatable bonds is 4. The van der Waals surface area contributed by atoms with Gasteiger partial charge >= 0.3 is 6.03 Å². The van der Waals surface area contributed by atoms with Gasteiger partial charge in [0.2, 0.25) is 0 Å². The molecule has 0 saturated carbocycles. The maximum Gasteiger partial charge on any atom is 0.321 e. The molecular weight excluding hydrogens is 314 g/mol. The highest BCUT2D eigenvalue weighted by Crippen LogP contribution is 2.24. The van der Waals surface area contributed by atoms with E-state index in [1.54, 1.807) is 30.1 Å². The fraction of sp³-hybridized carbons (Fsp3) is 0.529. The quantitative estimate of drug-likeness (QED) is 0.871. The second-order valence-electron chi connectivity index (χ2n) is 7.17. The minimum Gasteiger partial charge on any atom is -0.350 e. The van der Waals surface area contributed by atoms with Crippen LogP contribution in [0.1, 0.15) is 45.0 Å². The lowest BCUT2D eigenvalue weighted by molar-refractivity contribution is 0.0943. The molecule has 0 aliphatic carbocycles. The van der Waals surface area contributed by atoms with Crippen LogP contribution in [0, 0.1) is 5.41 Å². The molecule has 0 aliphatic heterocycles. The number of amides is 3. The van der Waals surface area contributed by atoms with Crippen LogP contribution < -0.4 is 10.6 Å². The Balaban J connectivity index is 2.87. The summed E-state index contributed by atoms with van der Waals surface area (Å²) < 4.78 is 0. The van der Waals surface area contributed by atoms with Crippen molar-refractivity contribution in [2.24, 2.45) is 5.41 Å². The van der Waals surface area contributed by atoms with Gasteiger partial charge in [-0.05, 0) is 37.5 Å². The average Bonchev–Trinajstić information content (AvgIpc) is 2.38. The monoisotopic (exact) mass is 339 g/mol. The summed E-state index contributed by atoms with van der Waals surface area (Å²) in [6, 6.07) is 4.60. The zero-order valence-electron chi connectivity index (χ0n) is 14.7. The summed E-state index contributed by atoms with van der Waals surface area (Å²) in [5, 5.41) is 5.96. The van der Waals surface area contributed by atoms with Gasteiger partial charge in [0.05, 0.1) is 10.7 Å². The Hall–Kier alpha value is -1.75. The maximum absolute atomic E-state index is 12.3. The van der Waals surface area contributed by atoms with Crippen molar-refractivity contribution in [1.29, 1.82) is 0 Å². The van der Waals surface area contributed by atoms with Gasteiger partial charge in [-0.15, -0.1) is 0 Å². The highest BCUT2D eigenvalue weighted by atomic mass is 35.5. The van der Waals surface area contributed by atoms with Crippen molar-refractivity contribution < 1.29 is 9.59 Å².